The van der Waals surface area contributed by atoms with Gasteiger partial charge in [-0.1, -0.05) is 129 Å². The van der Waals surface area contributed by atoms with E-state index >= 15 is 0 Å². The fourth-order valence-electron chi connectivity index (χ4n) is 4.64. The van der Waals surface area contributed by atoms with Crippen LogP contribution in [0.5, 0.6) is 0 Å². The Morgan fingerprint density at radius 2 is 0.800 bits per heavy atom. The number of ether oxygens (including phenoxy) is 2. The van der Waals surface area contributed by atoms with Gasteiger partial charge >= 0.3 is 47.5 Å². The Morgan fingerprint density at radius 1 is 0.540 bits per heavy atom. The van der Waals surface area contributed by atoms with Crippen LogP contribution >= 0.6 is 0 Å². The van der Waals surface area contributed by atoms with Gasteiger partial charge in [-0.3, -0.25) is 23.5 Å². The van der Waals surface area contributed by atoms with Gasteiger partial charge < -0.3 is 30.6 Å². The van der Waals surface area contributed by atoms with Crippen LogP contribution in [0.1, 0.15) is 155 Å². The minimum atomic E-state index is -4.82. The van der Waals surface area contributed by atoms with Crippen molar-refractivity contribution in [2.75, 3.05) is 13.2 Å². The molecule has 0 fully saturated rings. The van der Waals surface area contributed by atoms with Crippen molar-refractivity contribution in [1.29, 1.82) is 0 Å². The van der Waals surface area contributed by atoms with Crippen molar-refractivity contribution in [3.8, 4) is 0 Å². The van der Waals surface area contributed by atoms with Gasteiger partial charge in [-0.2, -0.15) is 16.8 Å². The Kier molecular flexibility index (Phi) is 38.5. The molecule has 0 aliphatic rings. The van der Waals surface area contributed by atoms with Gasteiger partial charge in [0.2, 0.25) is 0 Å². The number of carbonyl (C=O) groups excluding carboxylic acids is 3. The van der Waals surface area contributed by atoms with Crippen molar-refractivity contribution < 1.29 is 94.4 Å². The molecule has 2 unspecified atom stereocenters. The fourth-order valence-corrected chi connectivity index (χ4v) is 5.96. The first-order valence-electron chi connectivity index (χ1n) is 17.2. The van der Waals surface area contributed by atoms with Gasteiger partial charge in [0.15, 0.2) is 10.5 Å². The summed E-state index contributed by atoms with van der Waals surface area (Å²) >= 11 is 0. The van der Waals surface area contributed by atoms with E-state index in [-0.39, 0.29) is 48.9 Å². The van der Waals surface area contributed by atoms with Crippen LogP contribution in [0.2, 0.25) is 0 Å². The predicted octanol–water partition coefficient (Wildman–Crippen LogP) is 2.19. The molecule has 0 amide bonds. The van der Waals surface area contributed by atoms with Gasteiger partial charge in [0, 0.05) is 12.4 Å². The Hall–Kier alpha value is -1.34. The van der Waals surface area contributed by atoms with E-state index in [1.165, 1.54) is 77.0 Å². The van der Waals surface area contributed by atoms with Crippen LogP contribution in [0.25, 0.3) is 0 Å². The zero-order valence-corrected chi connectivity index (χ0v) is 34.1. The summed E-state index contributed by atoms with van der Waals surface area (Å²) in [5.41, 5.74) is 0. The van der Waals surface area contributed by atoms with E-state index in [2.05, 4.69) is 13.8 Å². The number of unbranched alkanes of at least 4 members (excludes halogenated alkanes) is 18. The molecule has 292 valence electrons. The SMILES string of the molecule is CCCCCCCCCCCCOC(=O)C(CC(=O)O)S(=O)(=O)O.CCCCCCCCCCCCOC(=O)C(CC(=O)[O-])S(=O)(=O)O.N.[Na+]. The monoisotopic (exact) mass is 771 g/mol. The molecule has 15 nitrogen and oxygen atoms in total. The summed E-state index contributed by atoms with van der Waals surface area (Å²) in [6, 6.07) is 0. The van der Waals surface area contributed by atoms with Crippen molar-refractivity contribution >= 4 is 44.1 Å². The summed E-state index contributed by atoms with van der Waals surface area (Å²) in [7, 11) is -9.60. The number of hydrogen-bond acceptors (Lipinski definition) is 12. The maximum atomic E-state index is 11.6. The van der Waals surface area contributed by atoms with E-state index in [4.69, 9.17) is 23.7 Å². The molecule has 18 heteroatoms. The maximum absolute atomic E-state index is 11.6. The summed E-state index contributed by atoms with van der Waals surface area (Å²) in [6.45, 7) is 4.41. The van der Waals surface area contributed by atoms with Crippen LogP contribution in [0.4, 0.5) is 0 Å². The standard InChI is InChI=1S/2C16H30O7S.H3N.Na/c2*1-2-3-4-5-6-7-8-9-10-11-12-23-16(19)14(13-15(17)18)24(20,21)22;;/h2*14H,2-13H2,1H3,(H,17,18)(H,20,21,22);1H3;/q;;;+1/p-1. The molecule has 2 atom stereocenters. The molecule has 0 saturated carbocycles. The van der Waals surface area contributed by atoms with Crippen LogP contribution in [0.3, 0.4) is 0 Å². The predicted molar refractivity (Wildman–Crippen MR) is 183 cm³/mol. The van der Waals surface area contributed by atoms with Crippen LogP contribution < -0.4 is 40.8 Å². The van der Waals surface area contributed by atoms with Crippen LogP contribution in [-0.4, -0.2) is 78.6 Å². The molecule has 0 aromatic rings. The van der Waals surface area contributed by atoms with Gasteiger partial charge in [0.1, 0.15) is 0 Å². The third kappa shape index (κ3) is 35.1. The van der Waals surface area contributed by atoms with Gasteiger partial charge in [0.05, 0.1) is 19.6 Å². The Morgan fingerprint density at radius 3 is 1.04 bits per heavy atom. The second-order valence-electron chi connectivity index (χ2n) is 11.9. The Balaban J connectivity index is -0.000000407. The van der Waals surface area contributed by atoms with Gasteiger partial charge in [-0.05, 0) is 12.8 Å². The van der Waals surface area contributed by atoms with E-state index < -0.39 is 67.5 Å². The molecular formula is C32H62NNaO14S2. The number of rotatable bonds is 30. The average molecular weight is 772 g/mol. The van der Waals surface area contributed by atoms with Crippen molar-refractivity contribution in [3.63, 3.8) is 0 Å². The van der Waals surface area contributed by atoms with E-state index in [0.717, 1.165) is 38.5 Å². The second kappa shape index (κ2) is 34.7. The maximum Gasteiger partial charge on any atom is 1.00 e. The van der Waals surface area contributed by atoms with Gasteiger partial charge in [0.25, 0.3) is 20.2 Å². The molecule has 0 radical (unpaired) electrons. The third-order valence-corrected chi connectivity index (χ3v) is 9.60. The largest absolute Gasteiger partial charge is 1.00 e. The number of carbonyl (C=O) groups is 4. The summed E-state index contributed by atoms with van der Waals surface area (Å²) in [5.74, 6) is -5.70. The fraction of sp³-hybridized carbons (Fsp3) is 0.875. The second-order valence-corrected chi connectivity index (χ2v) is 15.1. The quantitative estimate of drug-likeness (QED) is 0.0353. The van der Waals surface area contributed by atoms with Crippen molar-refractivity contribution in [1.82, 2.24) is 6.15 Å². The van der Waals surface area contributed by atoms with Gasteiger partial charge in [-0.15, -0.1) is 0 Å². The molecule has 0 aliphatic carbocycles. The molecule has 6 N–H and O–H groups in total. The first-order valence-corrected chi connectivity index (χ1v) is 20.3. The number of carboxylic acid groups (broad SMARTS) is 2. The Bertz CT molecular complexity index is 1020. The molecule has 0 saturated heterocycles. The van der Waals surface area contributed by atoms with Crippen LogP contribution in [-0.2, 0) is 48.9 Å². The third-order valence-electron chi connectivity index (χ3n) is 7.44. The number of hydrogen-bond donors (Lipinski definition) is 4. The van der Waals surface area contributed by atoms with Crippen molar-refractivity contribution in [2.45, 2.75) is 166 Å². The average Bonchev–Trinajstić information content (AvgIpc) is 2.99. The zero-order chi connectivity index (χ0) is 36.8. The molecule has 0 aliphatic heterocycles. The van der Waals surface area contributed by atoms with Crippen molar-refractivity contribution in [3.05, 3.63) is 0 Å². The molecule has 0 aromatic heterocycles. The zero-order valence-electron chi connectivity index (χ0n) is 30.5. The summed E-state index contributed by atoms with van der Waals surface area (Å²) in [4.78, 5) is 44.1. The summed E-state index contributed by atoms with van der Waals surface area (Å²) < 4.78 is 71.2. The summed E-state index contributed by atoms with van der Waals surface area (Å²) in [5, 5.41) is 14.8. The van der Waals surface area contributed by atoms with Gasteiger partial charge in [-0.25, -0.2) is 0 Å². The van der Waals surface area contributed by atoms with Crippen molar-refractivity contribution in [2.24, 2.45) is 0 Å². The van der Waals surface area contributed by atoms with E-state index in [9.17, 15) is 41.1 Å². The van der Waals surface area contributed by atoms with E-state index in [1.807, 2.05) is 0 Å². The van der Waals surface area contributed by atoms with E-state index in [1.54, 1.807) is 0 Å². The smallest absolute Gasteiger partial charge is 0.550 e. The molecular weight excluding hydrogens is 709 g/mol. The van der Waals surface area contributed by atoms with E-state index in [0.29, 0.717) is 12.8 Å². The molecule has 0 spiro atoms. The summed E-state index contributed by atoms with van der Waals surface area (Å²) in [6.07, 6.45) is 20.0. The van der Waals surface area contributed by atoms with Crippen LogP contribution in [0.15, 0.2) is 0 Å². The minimum Gasteiger partial charge on any atom is -0.550 e. The number of carboxylic acids is 2. The molecule has 0 aromatic carbocycles. The minimum absolute atomic E-state index is 0. The number of esters is 2. The number of aliphatic carboxylic acids is 2. The molecule has 50 heavy (non-hydrogen) atoms. The van der Waals surface area contributed by atoms with Crippen LogP contribution in [0, 0.1) is 0 Å². The Labute approximate surface area is 321 Å². The molecule has 0 bridgehead atoms. The first kappa shape index (κ1) is 55.4. The molecule has 0 rings (SSSR count). The molecule has 0 heterocycles. The normalized spacial score (nSPS) is 12.2. The topological polar surface area (TPSA) is 274 Å². The first-order chi connectivity index (χ1) is 22.6.